The highest BCUT2D eigenvalue weighted by atomic mass is 32.1. The lowest BCUT2D eigenvalue weighted by Crippen LogP contribution is -2.13. The normalized spacial score (nSPS) is 10.8. The van der Waals surface area contributed by atoms with Crippen molar-refractivity contribution in [3.8, 4) is 16.3 Å². The number of esters is 1. The molecule has 28 heavy (non-hydrogen) atoms. The minimum Gasteiger partial charge on any atom is -0.490 e. The first-order valence-electron chi connectivity index (χ1n) is 9.02. The minimum absolute atomic E-state index is 0.181. The molecule has 0 saturated carbocycles. The lowest BCUT2D eigenvalue weighted by Gasteiger charge is -2.09. The summed E-state index contributed by atoms with van der Waals surface area (Å²) in [4.78, 5) is 17.3. The summed E-state index contributed by atoms with van der Waals surface area (Å²) in [6.07, 6.45) is 0. The monoisotopic (exact) mass is 389 g/mol. The molecule has 0 unspecified atom stereocenters. The molecular weight excluding hydrogens is 370 g/mol. The molecule has 5 heteroatoms. The second-order valence-electron chi connectivity index (χ2n) is 6.33. The topological polar surface area (TPSA) is 48.4 Å². The van der Waals surface area contributed by atoms with Crippen molar-refractivity contribution < 1.29 is 14.3 Å². The number of carbonyl (C=O) groups excluding carboxylic acids is 1. The molecule has 0 fully saturated rings. The summed E-state index contributed by atoms with van der Waals surface area (Å²) >= 11 is 1.57. The number of aromatic nitrogens is 1. The van der Waals surface area contributed by atoms with Gasteiger partial charge in [0.25, 0.3) is 0 Å². The first-order valence-corrected chi connectivity index (χ1v) is 9.84. The standard InChI is InChI=1S/C23H19NO3S/c1-16-10-12-17(13-11-16)26-14-15-27-23(25)19-7-3-2-6-18(19)22-24-20-8-4-5-9-21(20)28-22/h2-13H,14-15H2,1H3. The smallest absolute Gasteiger partial charge is 0.338 e. The summed E-state index contributed by atoms with van der Waals surface area (Å²) < 4.78 is 12.1. The Morgan fingerprint density at radius 3 is 2.50 bits per heavy atom. The molecule has 4 aromatic rings. The van der Waals surface area contributed by atoms with Gasteiger partial charge in [-0.1, -0.05) is 48.0 Å². The number of rotatable bonds is 6. The highest BCUT2D eigenvalue weighted by Gasteiger charge is 2.16. The van der Waals surface area contributed by atoms with Gasteiger partial charge in [-0.3, -0.25) is 0 Å². The van der Waals surface area contributed by atoms with E-state index < -0.39 is 0 Å². The van der Waals surface area contributed by atoms with Gasteiger partial charge in [-0.2, -0.15) is 0 Å². The number of carbonyl (C=O) groups is 1. The molecule has 0 aliphatic rings. The van der Waals surface area contributed by atoms with Gasteiger partial charge in [0.15, 0.2) is 0 Å². The summed E-state index contributed by atoms with van der Waals surface area (Å²) in [7, 11) is 0. The van der Waals surface area contributed by atoms with E-state index in [2.05, 4.69) is 4.98 Å². The first-order chi connectivity index (χ1) is 13.7. The van der Waals surface area contributed by atoms with E-state index in [9.17, 15) is 4.79 Å². The summed E-state index contributed by atoms with van der Waals surface area (Å²) in [5.41, 5.74) is 3.40. The summed E-state index contributed by atoms with van der Waals surface area (Å²) in [5.74, 6) is 0.388. The van der Waals surface area contributed by atoms with Crippen LogP contribution in [-0.4, -0.2) is 24.2 Å². The van der Waals surface area contributed by atoms with Crippen LogP contribution < -0.4 is 4.74 Å². The van der Waals surface area contributed by atoms with E-state index in [0.717, 1.165) is 26.5 Å². The molecule has 3 aromatic carbocycles. The molecule has 0 aliphatic heterocycles. The maximum atomic E-state index is 12.6. The maximum Gasteiger partial charge on any atom is 0.338 e. The van der Waals surface area contributed by atoms with E-state index in [4.69, 9.17) is 9.47 Å². The molecule has 0 aliphatic carbocycles. The summed E-state index contributed by atoms with van der Waals surface area (Å²) in [6.45, 7) is 2.51. The number of hydrogen-bond acceptors (Lipinski definition) is 5. The zero-order valence-electron chi connectivity index (χ0n) is 15.4. The van der Waals surface area contributed by atoms with Crippen LogP contribution in [0.2, 0.25) is 0 Å². The highest BCUT2D eigenvalue weighted by Crippen LogP contribution is 2.32. The van der Waals surface area contributed by atoms with Crippen molar-refractivity contribution >= 4 is 27.5 Å². The number of benzene rings is 3. The van der Waals surface area contributed by atoms with Crippen molar-refractivity contribution in [3.05, 3.63) is 83.9 Å². The van der Waals surface area contributed by atoms with Crippen molar-refractivity contribution in [2.24, 2.45) is 0 Å². The van der Waals surface area contributed by atoms with E-state index in [1.165, 1.54) is 5.56 Å². The number of thiazole rings is 1. The third-order valence-electron chi connectivity index (χ3n) is 4.28. The van der Waals surface area contributed by atoms with Gasteiger partial charge in [0.05, 0.1) is 15.8 Å². The van der Waals surface area contributed by atoms with Crippen molar-refractivity contribution in [3.63, 3.8) is 0 Å². The quantitative estimate of drug-likeness (QED) is 0.322. The van der Waals surface area contributed by atoms with Gasteiger partial charge in [-0.25, -0.2) is 9.78 Å². The second-order valence-corrected chi connectivity index (χ2v) is 7.36. The molecule has 0 bridgehead atoms. The Morgan fingerprint density at radius 2 is 1.68 bits per heavy atom. The van der Waals surface area contributed by atoms with Crippen LogP contribution in [0.1, 0.15) is 15.9 Å². The number of fused-ring (bicyclic) bond motifs is 1. The van der Waals surface area contributed by atoms with Gasteiger partial charge in [0.1, 0.15) is 24.0 Å². The van der Waals surface area contributed by atoms with Gasteiger partial charge in [0.2, 0.25) is 0 Å². The van der Waals surface area contributed by atoms with E-state index in [-0.39, 0.29) is 12.6 Å². The van der Waals surface area contributed by atoms with Gasteiger partial charge < -0.3 is 9.47 Å². The predicted molar refractivity (Wildman–Crippen MR) is 112 cm³/mol. The molecule has 0 spiro atoms. The summed E-state index contributed by atoms with van der Waals surface area (Å²) in [6, 6.07) is 23.1. The first kappa shape index (κ1) is 18.2. The van der Waals surface area contributed by atoms with E-state index in [1.54, 1.807) is 17.4 Å². The Hall–Kier alpha value is -3.18. The van der Waals surface area contributed by atoms with Crippen LogP contribution >= 0.6 is 11.3 Å². The van der Waals surface area contributed by atoms with Crippen molar-refractivity contribution in [2.45, 2.75) is 6.92 Å². The Labute approximate surface area is 167 Å². The average Bonchev–Trinajstić information content (AvgIpc) is 3.16. The predicted octanol–water partition coefficient (Wildman–Crippen LogP) is 5.51. The van der Waals surface area contributed by atoms with Gasteiger partial charge >= 0.3 is 5.97 Å². The molecule has 1 heterocycles. The zero-order valence-corrected chi connectivity index (χ0v) is 16.2. The van der Waals surface area contributed by atoms with Crippen molar-refractivity contribution in [2.75, 3.05) is 13.2 Å². The molecule has 140 valence electrons. The van der Waals surface area contributed by atoms with E-state index in [0.29, 0.717) is 12.2 Å². The van der Waals surface area contributed by atoms with Crippen molar-refractivity contribution in [1.82, 2.24) is 4.98 Å². The Balaban J connectivity index is 1.44. The van der Waals surface area contributed by atoms with Crippen molar-refractivity contribution in [1.29, 1.82) is 0 Å². The summed E-state index contributed by atoms with van der Waals surface area (Å²) in [5, 5.41) is 0.810. The number of aryl methyl sites for hydroxylation is 1. The van der Waals surface area contributed by atoms with Gasteiger partial charge in [0, 0.05) is 5.56 Å². The molecule has 0 radical (unpaired) electrons. The molecule has 4 rings (SSSR count). The lowest BCUT2D eigenvalue weighted by atomic mass is 10.1. The average molecular weight is 389 g/mol. The van der Waals surface area contributed by atoms with Crippen LogP contribution in [0, 0.1) is 6.92 Å². The van der Waals surface area contributed by atoms with Gasteiger partial charge in [-0.05, 0) is 37.3 Å². The third-order valence-corrected chi connectivity index (χ3v) is 5.35. The fourth-order valence-corrected chi connectivity index (χ4v) is 3.85. The number of ether oxygens (including phenoxy) is 2. The Kier molecular flexibility index (Phi) is 5.35. The highest BCUT2D eigenvalue weighted by molar-refractivity contribution is 7.21. The van der Waals surface area contributed by atoms with Crippen LogP contribution in [0.3, 0.4) is 0 Å². The Bertz CT molecular complexity index is 1070. The Morgan fingerprint density at radius 1 is 0.929 bits per heavy atom. The lowest BCUT2D eigenvalue weighted by molar-refractivity contribution is 0.0451. The van der Waals surface area contributed by atoms with Crippen LogP contribution in [0.15, 0.2) is 72.8 Å². The molecule has 0 saturated heterocycles. The van der Waals surface area contributed by atoms with Crippen LogP contribution in [0.4, 0.5) is 0 Å². The van der Waals surface area contributed by atoms with Crippen LogP contribution in [0.5, 0.6) is 5.75 Å². The fraction of sp³-hybridized carbons (Fsp3) is 0.130. The number of hydrogen-bond donors (Lipinski definition) is 0. The molecule has 4 nitrogen and oxygen atoms in total. The molecule has 1 aromatic heterocycles. The molecule has 0 N–H and O–H groups in total. The minimum atomic E-state index is -0.373. The molecule has 0 atom stereocenters. The SMILES string of the molecule is Cc1ccc(OCCOC(=O)c2ccccc2-c2nc3ccccc3s2)cc1. The van der Waals surface area contributed by atoms with Crippen LogP contribution in [0.25, 0.3) is 20.8 Å². The fourth-order valence-electron chi connectivity index (χ4n) is 2.84. The molecule has 0 amide bonds. The molecular formula is C23H19NO3S. The van der Waals surface area contributed by atoms with E-state index >= 15 is 0 Å². The van der Waals surface area contributed by atoms with E-state index in [1.807, 2.05) is 73.7 Å². The largest absolute Gasteiger partial charge is 0.490 e. The van der Waals surface area contributed by atoms with Gasteiger partial charge in [-0.15, -0.1) is 11.3 Å². The second kappa shape index (κ2) is 8.23. The number of para-hydroxylation sites is 1. The number of nitrogens with zero attached hydrogens (tertiary/aromatic N) is 1. The zero-order chi connectivity index (χ0) is 19.3. The van der Waals surface area contributed by atoms with Crippen LogP contribution in [-0.2, 0) is 4.74 Å². The third kappa shape index (κ3) is 4.05. The maximum absolute atomic E-state index is 12.6.